The lowest BCUT2D eigenvalue weighted by molar-refractivity contribution is 0.0737. The van der Waals surface area contributed by atoms with Crippen LogP contribution in [0.5, 0.6) is 0 Å². The van der Waals surface area contributed by atoms with Crippen molar-refractivity contribution in [1.82, 2.24) is 30.1 Å². The molecule has 136 valence electrons. The molecule has 25 heavy (non-hydrogen) atoms. The topological polar surface area (TPSA) is 97.9 Å². The molecule has 1 saturated carbocycles. The van der Waals surface area contributed by atoms with E-state index in [1.807, 2.05) is 20.2 Å². The molecule has 0 saturated heterocycles. The molecule has 8 heteroatoms. The van der Waals surface area contributed by atoms with Crippen LogP contribution in [0.15, 0.2) is 12.4 Å². The van der Waals surface area contributed by atoms with Crippen molar-refractivity contribution in [1.29, 1.82) is 0 Å². The first-order valence-corrected chi connectivity index (χ1v) is 8.68. The highest BCUT2D eigenvalue weighted by Gasteiger charge is 2.31. The molecule has 0 aliphatic heterocycles. The number of amides is 1. The fourth-order valence-electron chi connectivity index (χ4n) is 3.42. The van der Waals surface area contributed by atoms with Crippen LogP contribution < -0.4 is 5.32 Å². The molecule has 2 heterocycles. The number of nitrogens with zero attached hydrogens (tertiary/aromatic N) is 5. The van der Waals surface area contributed by atoms with Gasteiger partial charge in [-0.15, -0.1) is 5.10 Å². The van der Waals surface area contributed by atoms with E-state index in [2.05, 4.69) is 20.7 Å². The van der Waals surface area contributed by atoms with E-state index in [0.717, 1.165) is 24.8 Å². The zero-order valence-electron chi connectivity index (χ0n) is 15.2. The number of carbonyl (C=O) groups excluding carboxylic acids is 1. The van der Waals surface area contributed by atoms with E-state index in [9.17, 15) is 9.90 Å². The molecule has 1 aliphatic rings. The molecule has 0 unspecified atom stereocenters. The summed E-state index contributed by atoms with van der Waals surface area (Å²) < 4.78 is 3.42. The SMILES string of the molecule is Cc1cn(C)nc1C(=O)N[C@@H]1CCC[C@@H]1Cn1cc(C(C)(C)O)nn1. The van der Waals surface area contributed by atoms with E-state index in [-0.39, 0.29) is 11.9 Å². The van der Waals surface area contributed by atoms with Crippen LogP contribution >= 0.6 is 0 Å². The number of hydrogen-bond donors (Lipinski definition) is 2. The first-order valence-electron chi connectivity index (χ1n) is 8.68. The Morgan fingerprint density at radius 3 is 2.76 bits per heavy atom. The van der Waals surface area contributed by atoms with Crippen molar-refractivity contribution >= 4 is 5.91 Å². The molecular weight excluding hydrogens is 320 g/mol. The van der Waals surface area contributed by atoms with Crippen molar-refractivity contribution < 1.29 is 9.90 Å². The van der Waals surface area contributed by atoms with Crippen molar-refractivity contribution in [2.24, 2.45) is 13.0 Å². The second kappa shape index (κ2) is 6.59. The van der Waals surface area contributed by atoms with Gasteiger partial charge in [0.25, 0.3) is 5.91 Å². The van der Waals surface area contributed by atoms with Crippen LogP contribution in [0, 0.1) is 12.8 Å². The maximum absolute atomic E-state index is 12.5. The summed E-state index contributed by atoms with van der Waals surface area (Å²) in [5.74, 6) is 0.176. The first-order chi connectivity index (χ1) is 11.7. The van der Waals surface area contributed by atoms with Gasteiger partial charge in [0.1, 0.15) is 11.3 Å². The molecule has 0 aromatic carbocycles. The second-order valence-corrected chi connectivity index (χ2v) is 7.49. The van der Waals surface area contributed by atoms with Gasteiger partial charge in [-0.2, -0.15) is 5.10 Å². The Kier molecular flexibility index (Phi) is 4.64. The Labute approximate surface area is 147 Å². The van der Waals surface area contributed by atoms with Crippen molar-refractivity contribution in [3.8, 4) is 0 Å². The zero-order chi connectivity index (χ0) is 18.2. The summed E-state index contributed by atoms with van der Waals surface area (Å²) in [6.07, 6.45) is 6.68. The predicted molar refractivity (Wildman–Crippen MR) is 91.8 cm³/mol. The Hall–Kier alpha value is -2.22. The molecule has 2 aromatic heterocycles. The highest BCUT2D eigenvalue weighted by molar-refractivity contribution is 5.93. The molecule has 1 fully saturated rings. The van der Waals surface area contributed by atoms with E-state index in [1.54, 1.807) is 29.4 Å². The summed E-state index contributed by atoms with van der Waals surface area (Å²) in [6, 6.07) is 0.101. The van der Waals surface area contributed by atoms with E-state index < -0.39 is 5.60 Å². The van der Waals surface area contributed by atoms with Crippen LogP contribution in [0.3, 0.4) is 0 Å². The molecule has 2 aromatic rings. The van der Waals surface area contributed by atoms with E-state index in [0.29, 0.717) is 23.9 Å². The van der Waals surface area contributed by atoms with Gasteiger partial charge in [0.15, 0.2) is 5.69 Å². The van der Waals surface area contributed by atoms with Gasteiger partial charge in [-0.3, -0.25) is 14.2 Å². The molecule has 0 bridgehead atoms. The molecule has 1 amide bonds. The third-order valence-electron chi connectivity index (χ3n) is 4.79. The minimum absolute atomic E-state index is 0.101. The lowest BCUT2D eigenvalue weighted by Gasteiger charge is -2.20. The summed E-state index contributed by atoms with van der Waals surface area (Å²) in [4.78, 5) is 12.5. The summed E-state index contributed by atoms with van der Waals surface area (Å²) in [6.45, 7) is 5.95. The number of aromatic nitrogens is 5. The summed E-state index contributed by atoms with van der Waals surface area (Å²) >= 11 is 0. The van der Waals surface area contributed by atoms with Crippen LogP contribution in [0.4, 0.5) is 0 Å². The van der Waals surface area contributed by atoms with Crippen molar-refractivity contribution in [3.63, 3.8) is 0 Å². The van der Waals surface area contributed by atoms with Gasteiger partial charge < -0.3 is 10.4 Å². The Bertz CT molecular complexity index is 758. The van der Waals surface area contributed by atoms with Crippen LogP contribution in [0.25, 0.3) is 0 Å². The average Bonchev–Trinajstić information content (AvgIpc) is 3.21. The van der Waals surface area contributed by atoms with Gasteiger partial charge in [0, 0.05) is 31.4 Å². The van der Waals surface area contributed by atoms with E-state index in [1.165, 1.54) is 0 Å². The average molecular weight is 346 g/mol. The zero-order valence-corrected chi connectivity index (χ0v) is 15.2. The molecule has 3 rings (SSSR count). The minimum atomic E-state index is -1.00. The van der Waals surface area contributed by atoms with Crippen LogP contribution in [-0.2, 0) is 19.2 Å². The number of rotatable bonds is 5. The quantitative estimate of drug-likeness (QED) is 0.846. The molecule has 2 N–H and O–H groups in total. The monoisotopic (exact) mass is 346 g/mol. The summed E-state index contributed by atoms with van der Waals surface area (Å²) in [5.41, 5.74) is 0.909. The standard InChI is InChI=1S/C17H26N6O2/c1-11-8-22(4)20-15(11)16(24)18-13-7-5-6-12(13)9-23-10-14(19-21-23)17(2,3)25/h8,10,12-13,25H,5-7,9H2,1-4H3,(H,18,24)/t12-,13-/m1/s1. The fraction of sp³-hybridized carbons (Fsp3) is 0.647. The van der Waals surface area contributed by atoms with Crippen LogP contribution in [-0.4, -0.2) is 41.8 Å². The maximum atomic E-state index is 12.5. The third kappa shape index (κ3) is 3.89. The number of hydrogen-bond acceptors (Lipinski definition) is 5. The van der Waals surface area contributed by atoms with Gasteiger partial charge in [0.05, 0.1) is 6.20 Å². The number of nitrogens with one attached hydrogen (secondary N) is 1. The molecule has 0 spiro atoms. The molecule has 2 atom stereocenters. The predicted octanol–water partition coefficient (Wildman–Crippen LogP) is 1.15. The highest BCUT2D eigenvalue weighted by atomic mass is 16.3. The number of aliphatic hydroxyl groups is 1. The first kappa shape index (κ1) is 17.6. The second-order valence-electron chi connectivity index (χ2n) is 7.49. The van der Waals surface area contributed by atoms with Gasteiger partial charge in [-0.1, -0.05) is 11.6 Å². The number of aryl methyl sites for hydroxylation is 2. The normalized spacial score (nSPS) is 20.8. The highest BCUT2D eigenvalue weighted by Crippen LogP contribution is 2.28. The molecular formula is C17H26N6O2. The minimum Gasteiger partial charge on any atom is -0.384 e. The molecule has 1 aliphatic carbocycles. The van der Waals surface area contributed by atoms with Gasteiger partial charge in [0.2, 0.25) is 0 Å². The van der Waals surface area contributed by atoms with Gasteiger partial charge >= 0.3 is 0 Å². The third-order valence-corrected chi connectivity index (χ3v) is 4.79. The van der Waals surface area contributed by atoms with Crippen LogP contribution in [0.1, 0.15) is 54.9 Å². The smallest absolute Gasteiger partial charge is 0.272 e. The molecule has 8 nitrogen and oxygen atoms in total. The van der Waals surface area contributed by atoms with Crippen molar-refractivity contribution in [3.05, 3.63) is 29.3 Å². The number of carbonyl (C=O) groups is 1. The Morgan fingerprint density at radius 1 is 1.40 bits per heavy atom. The summed E-state index contributed by atoms with van der Waals surface area (Å²) in [7, 11) is 1.81. The largest absolute Gasteiger partial charge is 0.384 e. The Balaban J connectivity index is 1.65. The maximum Gasteiger partial charge on any atom is 0.272 e. The lowest BCUT2D eigenvalue weighted by Crippen LogP contribution is -2.39. The van der Waals surface area contributed by atoms with Gasteiger partial charge in [-0.25, -0.2) is 0 Å². The Morgan fingerprint density at radius 2 is 2.16 bits per heavy atom. The summed E-state index contributed by atoms with van der Waals surface area (Å²) in [5, 5.41) is 25.5. The fourth-order valence-corrected chi connectivity index (χ4v) is 3.42. The van der Waals surface area contributed by atoms with E-state index >= 15 is 0 Å². The van der Waals surface area contributed by atoms with Gasteiger partial charge in [-0.05, 0) is 39.5 Å². The van der Waals surface area contributed by atoms with Crippen molar-refractivity contribution in [2.45, 2.75) is 58.2 Å². The van der Waals surface area contributed by atoms with E-state index in [4.69, 9.17) is 0 Å². The lowest BCUT2D eigenvalue weighted by atomic mass is 10.0. The van der Waals surface area contributed by atoms with Crippen LogP contribution in [0.2, 0.25) is 0 Å². The molecule has 0 radical (unpaired) electrons. The van der Waals surface area contributed by atoms with Crippen molar-refractivity contribution in [2.75, 3.05) is 0 Å².